The van der Waals surface area contributed by atoms with Gasteiger partial charge in [0.25, 0.3) is 5.56 Å². The molecule has 0 aliphatic rings. The van der Waals surface area contributed by atoms with Crippen molar-refractivity contribution in [3.63, 3.8) is 0 Å². The van der Waals surface area contributed by atoms with E-state index in [2.05, 4.69) is 42.6 Å². The fourth-order valence-electron chi connectivity index (χ4n) is 1.56. The molecule has 0 unspecified atom stereocenters. The van der Waals surface area contributed by atoms with Crippen LogP contribution in [-0.2, 0) is 0 Å². The minimum Gasteiger partial charge on any atom is -0.323 e. The average Bonchev–Trinajstić information content (AvgIpc) is 2.75. The Morgan fingerprint density at radius 2 is 2.11 bits per heavy atom. The summed E-state index contributed by atoms with van der Waals surface area (Å²) >= 11 is 4.04. The van der Waals surface area contributed by atoms with Gasteiger partial charge in [0.05, 0.1) is 11.7 Å². The van der Waals surface area contributed by atoms with Gasteiger partial charge in [-0.1, -0.05) is 0 Å². The molecule has 6 nitrogen and oxygen atoms in total. The van der Waals surface area contributed by atoms with E-state index in [1.165, 1.54) is 0 Å². The van der Waals surface area contributed by atoms with E-state index in [4.69, 9.17) is 0 Å². The largest absolute Gasteiger partial charge is 0.323 e. The fourth-order valence-corrected chi connectivity index (χ4v) is 2.40. The molecule has 3 aromatic rings. The van der Waals surface area contributed by atoms with Crippen molar-refractivity contribution in [2.75, 3.05) is 0 Å². The van der Waals surface area contributed by atoms with Crippen molar-refractivity contribution in [1.82, 2.24) is 24.7 Å². The van der Waals surface area contributed by atoms with Crippen LogP contribution >= 0.6 is 45.2 Å². The maximum absolute atomic E-state index is 11.3. The highest BCUT2D eigenvalue weighted by molar-refractivity contribution is 14.1. The number of rotatable bonds is 1. The third kappa shape index (κ3) is 2.02. The van der Waals surface area contributed by atoms with Gasteiger partial charge >= 0.3 is 0 Å². The van der Waals surface area contributed by atoms with Crippen LogP contribution in [0.1, 0.15) is 0 Å². The second-order valence-corrected chi connectivity index (χ2v) is 5.63. The fraction of sp³-hybridized carbons (Fsp3) is 0. The van der Waals surface area contributed by atoms with Gasteiger partial charge in [0.2, 0.25) is 0 Å². The van der Waals surface area contributed by atoms with Gasteiger partial charge in [0, 0.05) is 17.8 Å². The number of hydrogen-bond donors (Lipinski definition) is 1. The summed E-state index contributed by atoms with van der Waals surface area (Å²) < 4.78 is 2.94. The first kappa shape index (κ1) is 12.0. The molecule has 0 aromatic carbocycles. The maximum Gasteiger partial charge on any atom is 0.280 e. The summed E-state index contributed by atoms with van der Waals surface area (Å²) in [5, 5.41) is 5.19. The van der Waals surface area contributed by atoms with Gasteiger partial charge in [0.1, 0.15) is 3.70 Å². The Labute approximate surface area is 128 Å². The lowest BCUT2D eigenvalue weighted by Crippen LogP contribution is -2.14. The first-order valence-electron chi connectivity index (χ1n) is 4.90. The van der Waals surface area contributed by atoms with E-state index in [1.54, 1.807) is 23.3 Å². The van der Waals surface area contributed by atoms with Gasteiger partial charge in [-0.3, -0.25) is 4.79 Å². The van der Waals surface area contributed by atoms with Crippen molar-refractivity contribution in [2.24, 2.45) is 0 Å². The summed E-state index contributed by atoms with van der Waals surface area (Å²) in [6, 6.07) is 1.92. The SMILES string of the molecule is O=c1[nH]cc(-n2ncc3cnc(I)cc32)nc1I. The Morgan fingerprint density at radius 3 is 2.89 bits per heavy atom. The average molecular weight is 465 g/mol. The highest BCUT2D eigenvalue weighted by Gasteiger charge is 2.08. The maximum atomic E-state index is 11.3. The van der Waals surface area contributed by atoms with Crippen LogP contribution in [0.4, 0.5) is 0 Å². The van der Waals surface area contributed by atoms with Crippen LogP contribution in [0.3, 0.4) is 0 Å². The molecule has 0 atom stereocenters. The molecule has 0 aliphatic heterocycles. The number of aromatic nitrogens is 5. The summed E-state index contributed by atoms with van der Waals surface area (Å²) in [5.74, 6) is 0.580. The normalized spacial score (nSPS) is 11.0. The lowest BCUT2D eigenvalue weighted by atomic mass is 10.3. The molecule has 0 bridgehead atoms. The minimum absolute atomic E-state index is 0.202. The molecule has 0 radical (unpaired) electrons. The van der Waals surface area contributed by atoms with Crippen molar-refractivity contribution in [2.45, 2.75) is 0 Å². The number of pyridine rings is 1. The van der Waals surface area contributed by atoms with Crippen molar-refractivity contribution < 1.29 is 0 Å². The van der Waals surface area contributed by atoms with Crippen LogP contribution in [-0.4, -0.2) is 24.7 Å². The highest BCUT2D eigenvalue weighted by atomic mass is 127. The van der Waals surface area contributed by atoms with Crippen LogP contribution < -0.4 is 5.56 Å². The minimum atomic E-state index is -0.202. The van der Waals surface area contributed by atoms with E-state index in [1.807, 2.05) is 28.7 Å². The second-order valence-electron chi connectivity index (χ2n) is 3.50. The first-order valence-corrected chi connectivity index (χ1v) is 7.06. The summed E-state index contributed by atoms with van der Waals surface area (Å²) in [4.78, 5) is 22.3. The van der Waals surface area contributed by atoms with E-state index in [9.17, 15) is 4.79 Å². The van der Waals surface area contributed by atoms with Crippen molar-refractivity contribution in [3.05, 3.63) is 42.4 Å². The number of hydrogen-bond acceptors (Lipinski definition) is 4. The molecule has 3 heterocycles. The van der Waals surface area contributed by atoms with Gasteiger partial charge in [0.15, 0.2) is 9.52 Å². The Kier molecular flexibility index (Phi) is 3.05. The van der Waals surface area contributed by atoms with Gasteiger partial charge in [-0.05, 0) is 51.2 Å². The monoisotopic (exact) mass is 465 g/mol. The van der Waals surface area contributed by atoms with Crippen molar-refractivity contribution >= 4 is 56.1 Å². The predicted octanol–water partition coefficient (Wildman–Crippen LogP) is 1.71. The molecule has 3 aromatic heterocycles. The number of H-pyrrole nitrogens is 1. The third-order valence-electron chi connectivity index (χ3n) is 2.37. The number of nitrogens with one attached hydrogen (secondary N) is 1. The molecule has 8 heteroatoms. The lowest BCUT2D eigenvalue weighted by Gasteiger charge is -2.02. The zero-order chi connectivity index (χ0) is 12.7. The van der Waals surface area contributed by atoms with Gasteiger partial charge in [-0.2, -0.15) is 5.10 Å². The summed E-state index contributed by atoms with van der Waals surface area (Å²) in [7, 11) is 0. The zero-order valence-electron chi connectivity index (χ0n) is 8.76. The smallest absolute Gasteiger partial charge is 0.280 e. The summed E-state index contributed by atoms with van der Waals surface area (Å²) in [5.41, 5.74) is 0.705. The topological polar surface area (TPSA) is 76.5 Å². The molecule has 0 fully saturated rings. The van der Waals surface area contributed by atoms with Crippen LogP contribution in [0, 0.1) is 7.40 Å². The molecule has 3 rings (SSSR count). The van der Waals surface area contributed by atoms with Gasteiger partial charge in [-0.15, -0.1) is 0 Å². The lowest BCUT2D eigenvalue weighted by molar-refractivity contribution is 0.852. The third-order valence-corrected chi connectivity index (χ3v) is 3.69. The molecule has 0 saturated heterocycles. The van der Waals surface area contributed by atoms with Crippen molar-refractivity contribution in [3.8, 4) is 5.82 Å². The number of fused-ring (bicyclic) bond motifs is 1. The molecule has 18 heavy (non-hydrogen) atoms. The van der Waals surface area contributed by atoms with E-state index in [0.717, 1.165) is 14.6 Å². The Balaban J connectivity index is 2.27. The van der Waals surface area contributed by atoms with Crippen LogP contribution in [0.5, 0.6) is 0 Å². The Hall–Kier alpha value is -1.04. The standard InChI is InChI=1S/C10H5I2N5O/c11-7-1-6-5(2-13-7)3-15-17(6)8-4-14-10(18)9(12)16-8/h1-4H,(H,14,18). The van der Waals surface area contributed by atoms with Crippen LogP contribution in [0.2, 0.25) is 0 Å². The molecule has 90 valence electrons. The first-order chi connectivity index (χ1) is 8.65. The van der Waals surface area contributed by atoms with Crippen molar-refractivity contribution in [1.29, 1.82) is 0 Å². The van der Waals surface area contributed by atoms with Gasteiger partial charge in [-0.25, -0.2) is 14.6 Å². The van der Waals surface area contributed by atoms with Crippen LogP contribution in [0.15, 0.2) is 29.5 Å². The zero-order valence-corrected chi connectivity index (χ0v) is 13.1. The van der Waals surface area contributed by atoms with E-state index >= 15 is 0 Å². The van der Waals surface area contributed by atoms with Crippen LogP contribution in [0.25, 0.3) is 16.7 Å². The number of aromatic amines is 1. The quantitative estimate of drug-likeness (QED) is 0.439. The highest BCUT2D eigenvalue weighted by Crippen LogP contribution is 2.17. The molecule has 1 N–H and O–H groups in total. The van der Waals surface area contributed by atoms with E-state index in [-0.39, 0.29) is 5.56 Å². The predicted molar refractivity (Wildman–Crippen MR) is 82.7 cm³/mol. The molecule has 0 aliphatic carbocycles. The second kappa shape index (κ2) is 4.57. The molecule has 0 saturated carbocycles. The molecule has 0 amide bonds. The number of nitrogens with zero attached hydrogens (tertiary/aromatic N) is 4. The summed E-state index contributed by atoms with van der Waals surface area (Å²) in [6.07, 6.45) is 5.03. The van der Waals surface area contributed by atoms with E-state index in [0.29, 0.717) is 9.52 Å². The number of halogens is 2. The molecule has 0 spiro atoms. The molecular weight excluding hydrogens is 460 g/mol. The summed E-state index contributed by atoms with van der Waals surface area (Å²) in [6.45, 7) is 0. The molecular formula is C10H5I2N5O. The van der Waals surface area contributed by atoms with Gasteiger partial charge < -0.3 is 4.98 Å². The Morgan fingerprint density at radius 1 is 1.28 bits per heavy atom. The van der Waals surface area contributed by atoms with E-state index < -0.39 is 0 Å². The Bertz CT molecular complexity index is 794.